The second-order valence-electron chi connectivity index (χ2n) is 5.28. The van der Waals surface area contributed by atoms with Crippen LogP contribution in [0.15, 0.2) is 24.3 Å². The number of esters is 1. The van der Waals surface area contributed by atoms with Crippen molar-refractivity contribution in [3.05, 3.63) is 35.6 Å². The molecule has 1 aromatic rings. The fourth-order valence-corrected chi connectivity index (χ4v) is 2.73. The number of carbonyl (C=O) groups is 2. The van der Waals surface area contributed by atoms with Crippen LogP contribution in [0.4, 0.5) is 4.39 Å². The van der Waals surface area contributed by atoms with Crippen molar-refractivity contribution in [2.45, 2.75) is 45.1 Å². The van der Waals surface area contributed by atoms with E-state index in [4.69, 9.17) is 4.74 Å². The van der Waals surface area contributed by atoms with E-state index >= 15 is 0 Å². The number of ether oxygens (including phenoxy) is 1. The number of ketones is 1. The Morgan fingerprint density at radius 3 is 2.55 bits per heavy atom. The molecule has 0 heterocycles. The Kier molecular flexibility index (Phi) is 4.88. The van der Waals surface area contributed by atoms with Gasteiger partial charge in [0.2, 0.25) is 0 Å². The van der Waals surface area contributed by atoms with Crippen LogP contribution in [-0.2, 0) is 14.3 Å². The van der Waals surface area contributed by atoms with E-state index < -0.39 is 17.9 Å². The Morgan fingerprint density at radius 2 is 1.95 bits per heavy atom. The molecule has 0 aliphatic heterocycles. The van der Waals surface area contributed by atoms with Crippen LogP contribution >= 0.6 is 0 Å². The fourth-order valence-electron chi connectivity index (χ4n) is 2.73. The number of benzene rings is 1. The summed E-state index contributed by atoms with van der Waals surface area (Å²) in [5.74, 6) is -1.15. The number of carbonyl (C=O) groups excluding carboxylic acids is 2. The van der Waals surface area contributed by atoms with Gasteiger partial charge in [-0.1, -0.05) is 31.4 Å². The maximum Gasteiger partial charge on any atom is 0.303 e. The van der Waals surface area contributed by atoms with Crippen molar-refractivity contribution in [1.29, 1.82) is 0 Å². The van der Waals surface area contributed by atoms with Crippen molar-refractivity contribution in [2.75, 3.05) is 0 Å². The molecular formula is C16H19FO3. The Balaban J connectivity index is 2.22. The predicted octanol–water partition coefficient (Wildman–Crippen LogP) is 3.58. The summed E-state index contributed by atoms with van der Waals surface area (Å²) in [6, 6.07) is 5.71. The molecule has 3 nitrogen and oxygen atoms in total. The van der Waals surface area contributed by atoms with E-state index in [0.29, 0.717) is 5.56 Å². The van der Waals surface area contributed by atoms with Gasteiger partial charge in [-0.3, -0.25) is 9.59 Å². The van der Waals surface area contributed by atoms with E-state index in [1.165, 1.54) is 25.1 Å². The van der Waals surface area contributed by atoms with Crippen LogP contribution in [0.5, 0.6) is 0 Å². The lowest BCUT2D eigenvalue weighted by Gasteiger charge is -2.25. The number of Topliss-reactive ketones (excluding diaryl/α,β-unsaturated/α-hetero) is 1. The van der Waals surface area contributed by atoms with Crippen molar-refractivity contribution in [1.82, 2.24) is 0 Å². The molecule has 0 spiro atoms. The molecule has 20 heavy (non-hydrogen) atoms. The lowest BCUT2D eigenvalue weighted by molar-refractivity contribution is -0.155. The highest BCUT2D eigenvalue weighted by Crippen LogP contribution is 2.31. The van der Waals surface area contributed by atoms with Crippen molar-refractivity contribution in [3.63, 3.8) is 0 Å². The molecule has 1 aliphatic carbocycles. The summed E-state index contributed by atoms with van der Waals surface area (Å²) in [6.45, 7) is 1.26. The monoisotopic (exact) mass is 278 g/mol. The molecule has 1 fully saturated rings. The summed E-state index contributed by atoms with van der Waals surface area (Å²) in [6.07, 6.45) is 3.85. The highest BCUT2D eigenvalue weighted by Gasteiger charge is 2.31. The minimum Gasteiger partial charge on any atom is -0.450 e. The normalized spacial score (nSPS) is 17.5. The summed E-state index contributed by atoms with van der Waals surface area (Å²) >= 11 is 0. The summed E-state index contributed by atoms with van der Waals surface area (Å²) in [5, 5.41) is 0. The average molecular weight is 278 g/mol. The summed E-state index contributed by atoms with van der Waals surface area (Å²) in [7, 11) is 0. The van der Waals surface area contributed by atoms with Crippen LogP contribution in [0.2, 0.25) is 0 Å². The van der Waals surface area contributed by atoms with Crippen LogP contribution in [-0.4, -0.2) is 11.8 Å². The van der Waals surface area contributed by atoms with Gasteiger partial charge < -0.3 is 4.74 Å². The molecule has 4 heteroatoms. The maximum absolute atomic E-state index is 13.3. The highest BCUT2D eigenvalue weighted by molar-refractivity contribution is 5.88. The van der Waals surface area contributed by atoms with Crippen LogP contribution in [0.1, 0.15) is 50.7 Å². The molecule has 0 amide bonds. The van der Waals surface area contributed by atoms with E-state index in [0.717, 1.165) is 32.1 Å². The van der Waals surface area contributed by atoms with Crippen LogP contribution in [0.3, 0.4) is 0 Å². The zero-order valence-electron chi connectivity index (χ0n) is 11.6. The molecule has 108 valence electrons. The van der Waals surface area contributed by atoms with Gasteiger partial charge in [-0.25, -0.2) is 4.39 Å². The Hall–Kier alpha value is -1.71. The summed E-state index contributed by atoms with van der Waals surface area (Å²) in [5.41, 5.74) is 0.413. The van der Waals surface area contributed by atoms with Gasteiger partial charge in [0.25, 0.3) is 0 Å². The third-order valence-electron chi connectivity index (χ3n) is 3.70. The largest absolute Gasteiger partial charge is 0.450 e. The quantitative estimate of drug-likeness (QED) is 0.791. The molecule has 0 N–H and O–H groups in total. The lowest BCUT2D eigenvalue weighted by Crippen LogP contribution is -2.27. The molecule has 1 unspecified atom stereocenters. The third-order valence-corrected chi connectivity index (χ3v) is 3.70. The molecule has 0 bridgehead atoms. The van der Waals surface area contributed by atoms with E-state index in [1.54, 1.807) is 6.07 Å². The van der Waals surface area contributed by atoms with Gasteiger partial charge in [0, 0.05) is 18.4 Å². The molecule has 1 saturated carbocycles. The fraction of sp³-hybridized carbons (Fsp3) is 0.500. The average Bonchev–Trinajstić information content (AvgIpc) is 2.45. The Bertz CT molecular complexity index is 492. The van der Waals surface area contributed by atoms with E-state index in [9.17, 15) is 14.0 Å². The van der Waals surface area contributed by atoms with Crippen molar-refractivity contribution < 1.29 is 18.7 Å². The molecule has 1 aromatic carbocycles. The first-order valence-corrected chi connectivity index (χ1v) is 7.04. The molecule has 1 atom stereocenters. The highest BCUT2D eigenvalue weighted by atomic mass is 19.1. The number of halogens is 1. The first-order chi connectivity index (χ1) is 9.58. The van der Waals surface area contributed by atoms with Crippen LogP contribution in [0, 0.1) is 11.7 Å². The summed E-state index contributed by atoms with van der Waals surface area (Å²) < 4.78 is 18.5. The topological polar surface area (TPSA) is 43.4 Å². The van der Waals surface area contributed by atoms with Crippen molar-refractivity contribution in [3.8, 4) is 0 Å². The molecule has 0 aromatic heterocycles. The molecule has 1 aliphatic rings. The molecular weight excluding hydrogens is 259 g/mol. The standard InChI is InChI=1S/C16H19FO3/c1-11(18)20-16(13-8-5-9-14(17)10-13)15(19)12-6-3-2-4-7-12/h5,8-10,12,16H,2-4,6-7H2,1H3. The van der Waals surface area contributed by atoms with E-state index in [1.807, 2.05) is 0 Å². The second-order valence-corrected chi connectivity index (χ2v) is 5.28. The number of rotatable bonds is 4. The van der Waals surface area contributed by atoms with Crippen molar-refractivity contribution in [2.24, 2.45) is 5.92 Å². The van der Waals surface area contributed by atoms with Crippen LogP contribution in [0.25, 0.3) is 0 Å². The molecule has 2 rings (SSSR count). The van der Waals surface area contributed by atoms with Gasteiger partial charge in [-0.2, -0.15) is 0 Å². The van der Waals surface area contributed by atoms with E-state index in [-0.39, 0.29) is 11.7 Å². The van der Waals surface area contributed by atoms with Gasteiger partial charge >= 0.3 is 5.97 Å². The third kappa shape index (κ3) is 3.65. The zero-order valence-corrected chi connectivity index (χ0v) is 11.6. The van der Waals surface area contributed by atoms with E-state index in [2.05, 4.69) is 0 Å². The van der Waals surface area contributed by atoms with Gasteiger partial charge in [-0.05, 0) is 25.0 Å². The van der Waals surface area contributed by atoms with Gasteiger partial charge in [-0.15, -0.1) is 0 Å². The summed E-state index contributed by atoms with van der Waals surface area (Å²) in [4.78, 5) is 23.8. The predicted molar refractivity (Wildman–Crippen MR) is 72.5 cm³/mol. The zero-order chi connectivity index (χ0) is 14.5. The Morgan fingerprint density at radius 1 is 1.25 bits per heavy atom. The van der Waals surface area contributed by atoms with Crippen LogP contribution < -0.4 is 0 Å². The Labute approximate surface area is 118 Å². The van der Waals surface area contributed by atoms with Gasteiger partial charge in [0.1, 0.15) is 5.82 Å². The first-order valence-electron chi connectivity index (χ1n) is 7.04. The minimum absolute atomic E-state index is 0.0867. The molecule has 0 saturated heterocycles. The maximum atomic E-state index is 13.3. The first kappa shape index (κ1) is 14.7. The SMILES string of the molecule is CC(=O)OC(C(=O)C1CCCCC1)c1cccc(F)c1. The van der Waals surface area contributed by atoms with Gasteiger partial charge in [0.05, 0.1) is 0 Å². The number of hydrogen-bond acceptors (Lipinski definition) is 3. The number of hydrogen-bond donors (Lipinski definition) is 0. The smallest absolute Gasteiger partial charge is 0.303 e. The minimum atomic E-state index is -0.980. The van der Waals surface area contributed by atoms with Crippen molar-refractivity contribution >= 4 is 11.8 Å². The molecule has 0 radical (unpaired) electrons. The lowest BCUT2D eigenvalue weighted by atomic mass is 9.83. The van der Waals surface area contributed by atoms with Gasteiger partial charge in [0.15, 0.2) is 11.9 Å². The second kappa shape index (κ2) is 6.64.